The first-order valence-electron chi connectivity index (χ1n) is 8.91. The molecule has 0 aliphatic carbocycles. The summed E-state index contributed by atoms with van der Waals surface area (Å²) in [6.45, 7) is 0. The molecule has 3 aromatic rings. The smallest absolute Gasteiger partial charge is 0.322 e. The third-order valence-corrected chi connectivity index (χ3v) is 6.13. The first-order chi connectivity index (χ1) is 13.7. The SMILES string of the molecule is CN(C)c1cccc2c(S(=O)(=O)N[14C@H]([14CH2][14c]3[14cH][14cH][14c](O)[14cH][14cH]3)[14C](=O)O)cccc12. The fraction of sp³-hybridized carbons (Fsp3) is 0.190. The van der Waals surface area contributed by atoms with Crippen molar-refractivity contribution in [1.82, 2.24) is 4.72 Å². The third-order valence-electron chi connectivity index (χ3n) is 4.60. The lowest BCUT2D eigenvalue weighted by Gasteiger charge is -2.19. The molecule has 3 aromatic carbocycles. The quantitative estimate of drug-likeness (QED) is 0.530. The number of aliphatic carboxylic acids is 1. The summed E-state index contributed by atoms with van der Waals surface area (Å²) in [5.41, 5.74) is 1.45. The van der Waals surface area contributed by atoms with Gasteiger partial charge in [-0.1, -0.05) is 36.4 Å². The van der Waals surface area contributed by atoms with Gasteiger partial charge in [0, 0.05) is 30.6 Å². The van der Waals surface area contributed by atoms with Crippen LogP contribution in [0.3, 0.4) is 0 Å². The van der Waals surface area contributed by atoms with E-state index in [0.29, 0.717) is 10.9 Å². The summed E-state index contributed by atoms with van der Waals surface area (Å²) in [6, 6.07) is 14.9. The van der Waals surface area contributed by atoms with E-state index in [4.69, 9.17) is 0 Å². The largest absolute Gasteiger partial charge is 0.508 e. The maximum atomic E-state index is 13.1. The highest BCUT2D eigenvalue weighted by Gasteiger charge is 2.27. The molecule has 0 aliphatic rings. The van der Waals surface area contributed by atoms with Gasteiger partial charge in [0.2, 0.25) is 10.0 Å². The number of phenolic OH excluding ortho intramolecular Hbond substituents is 1. The van der Waals surface area contributed by atoms with Crippen LogP contribution in [0.2, 0.25) is 0 Å². The van der Waals surface area contributed by atoms with E-state index >= 15 is 0 Å². The van der Waals surface area contributed by atoms with Gasteiger partial charge in [-0.2, -0.15) is 4.72 Å². The van der Waals surface area contributed by atoms with Crippen molar-refractivity contribution in [2.24, 2.45) is 0 Å². The highest BCUT2D eigenvalue weighted by atomic mass is 32.2. The highest BCUT2D eigenvalue weighted by Crippen LogP contribution is 2.30. The molecule has 0 amide bonds. The molecule has 0 fully saturated rings. The van der Waals surface area contributed by atoms with Crippen molar-refractivity contribution in [3.05, 3.63) is 66.2 Å². The molecule has 0 spiro atoms. The molecule has 0 unspecified atom stereocenters. The molecule has 3 rings (SSSR count). The van der Waals surface area contributed by atoms with Crippen LogP contribution in [-0.4, -0.2) is 44.7 Å². The molecule has 1 atom stereocenters. The van der Waals surface area contributed by atoms with Gasteiger partial charge in [0.25, 0.3) is 0 Å². The van der Waals surface area contributed by atoms with Crippen molar-refractivity contribution >= 4 is 32.5 Å². The van der Waals surface area contributed by atoms with Crippen LogP contribution in [0.5, 0.6) is 5.75 Å². The van der Waals surface area contributed by atoms with Gasteiger partial charge in [-0.3, -0.25) is 4.79 Å². The number of benzene rings is 3. The number of anilines is 1. The topological polar surface area (TPSA) is 107 Å². The fourth-order valence-electron chi connectivity index (χ4n) is 3.19. The van der Waals surface area contributed by atoms with Crippen LogP contribution in [-0.2, 0) is 21.2 Å². The summed E-state index contributed by atoms with van der Waals surface area (Å²) >= 11 is 0. The van der Waals surface area contributed by atoms with E-state index in [1.807, 2.05) is 31.1 Å². The van der Waals surface area contributed by atoms with Crippen LogP contribution in [0.4, 0.5) is 5.69 Å². The highest BCUT2D eigenvalue weighted by molar-refractivity contribution is 7.89. The number of carboxylic acid groups (broad SMARTS) is 1. The van der Waals surface area contributed by atoms with Gasteiger partial charge in [-0.15, -0.1) is 0 Å². The van der Waals surface area contributed by atoms with E-state index in [-0.39, 0.29) is 17.1 Å². The van der Waals surface area contributed by atoms with E-state index in [1.165, 1.54) is 18.2 Å². The average Bonchev–Trinajstić information content (AvgIpc) is 2.67. The lowest BCUT2D eigenvalue weighted by molar-refractivity contribution is -0.138. The molecule has 0 saturated carbocycles. The second-order valence-electron chi connectivity index (χ2n) is 6.91. The molecule has 0 aromatic heterocycles. The van der Waals surface area contributed by atoms with E-state index < -0.39 is 22.0 Å². The van der Waals surface area contributed by atoms with E-state index in [0.717, 1.165) is 11.1 Å². The van der Waals surface area contributed by atoms with Crippen molar-refractivity contribution in [3.63, 3.8) is 0 Å². The normalized spacial score (nSPS) is 12.6. The van der Waals surface area contributed by atoms with Crippen LogP contribution in [0.1, 0.15) is 5.56 Å². The Labute approximate surface area is 169 Å². The molecule has 0 bridgehead atoms. The minimum absolute atomic E-state index is 0.0238. The number of fused-ring (bicyclic) bond motifs is 1. The fourth-order valence-corrected chi connectivity index (χ4v) is 4.60. The Morgan fingerprint density at radius 2 is 1.72 bits per heavy atom. The number of sulfonamides is 1. The molecular weight excluding hydrogens is 410 g/mol. The Balaban J connectivity index is 1.98. The summed E-state index contributed by atoms with van der Waals surface area (Å²) in [6.07, 6.45) is -0.0530. The molecule has 8 heteroatoms. The molecule has 152 valence electrons. The van der Waals surface area contributed by atoms with Crippen molar-refractivity contribution in [2.75, 3.05) is 19.0 Å². The van der Waals surface area contributed by atoms with Crippen LogP contribution >= 0.6 is 0 Å². The first-order valence-corrected chi connectivity index (χ1v) is 10.4. The van der Waals surface area contributed by atoms with E-state index in [2.05, 4.69) is 4.72 Å². The third kappa shape index (κ3) is 4.49. The zero-order valence-electron chi connectivity index (χ0n) is 16.0. The molecule has 3 N–H and O–H groups in total. The van der Waals surface area contributed by atoms with Gasteiger partial charge < -0.3 is 15.1 Å². The zero-order valence-corrected chi connectivity index (χ0v) is 16.8. The predicted octanol–water partition coefficient (Wildman–Crippen LogP) is 2.59. The monoisotopic (exact) mass is 432 g/mol. The summed E-state index contributed by atoms with van der Waals surface area (Å²) in [5.74, 6) is -1.23. The van der Waals surface area contributed by atoms with Crippen molar-refractivity contribution in [3.8, 4) is 5.75 Å². The van der Waals surface area contributed by atoms with Crippen LogP contribution in [0.25, 0.3) is 10.8 Å². The second kappa shape index (κ2) is 8.10. The molecule has 0 heterocycles. The lowest BCUT2D eigenvalue weighted by Crippen LogP contribution is -2.42. The number of nitrogens with zero attached hydrogens (tertiary/aromatic N) is 1. The maximum absolute atomic E-state index is 13.1. The predicted molar refractivity (Wildman–Crippen MR) is 112 cm³/mol. The number of aromatic hydroxyl groups is 1. The summed E-state index contributed by atoms with van der Waals surface area (Å²) in [4.78, 5) is 13.6. The number of hydrogen-bond donors (Lipinski definition) is 3. The molecule has 0 saturated heterocycles. The van der Waals surface area contributed by atoms with Gasteiger partial charge in [-0.25, -0.2) is 8.42 Å². The number of carboxylic acids is 1. The van der Waals surface area contributed by atoms with Gasteiger partial charge in [0.05, 0.1) is 4.90 Å². The second-order valence-corrected chi connectivity index (χ2v) is 8.59. The van der Waals surface area contributed by atoms with Crippen LogP contribution in [0.15, 0.2) is 65.6 Å². The molecule has 0 aliphatic heterocycles. The minimum atomic E-state index is -4.10. The molecule has 29 heavy (non-hydrogen) atoms. The number of hydrogen-bond acceptors (Lipinski definition) is 5. The lowest BCUT2D eigenvalue weighted by atomic mass is 10.1. The Morgan fingerprint density at radius 3 is 2.34 bits per heavy atom. The van der Waals surface area contributed by atoms with Crippen molar-refractivity contribution in [1.29, 1.82) is 0 Å². The van der Waals surface area contributed by atoms with Crippen molar-refractivity contribution in [2.45, 2.75) is 17.4 Å². The molecule has 0 radical (unpaired) electrons. The average molecular weight is 432 g/mol. The first kappa shape index (κ1) is 20.6. The van der Waals surface area contributed by atoms with Crippen molar-refractivity contribution < 1.29 is 23.4 Å². The number of carbonyl (C=O) groups is 1. The Kier molecular flexibility index (Phi) is 5.76. The minimum Gasteiger partial charge on any atom is -0.508 e. The summed E-state index contributed by atoms with van der Waals surface area (Å²) < 4.78 is 28.4. The summed E-state index contributed by atoms with van der Waals surface area (Å²) in [5, 5.41) is 20.2. The van der Waals surface area contributed by atoms with Gasteiger partial charge in [0.1, 0.15) is 11.8 Å². The summed E-state index contributed by atoms with van der Waals surface area (Å²) in [7, 11) is -0.366. The van der Waals surface area contributed by atoms with E-state index in [1.54, 1.807) is 30.3 Å². The van der Waals surface area contributed by atoms with Crippen LogP contribution in [0, 0.1) is 0 Å². The zero-order chi connectivity index (χ0) is 21.2. The maximum Gasteiger partial charge on any atom is 0.322 e. The molecular formula is C21H22N2O5S. The van der Waals surface area contributed by atoms with E-state index in [9.17, 15) is 23.4 Å². The Hall–Kier alpha value is -3.10. The van der Waals surface area contributed by atoms with Crippen LogP contribution < -0.4 is 9.62 Å². The number of nitrogens with one attached hydrogen (secondary N) is 1. The number of phenols is 1. The van der Waals surface area contributed by atoms with Gasteiger partial charge >= 0.3 is 5.97 Å². The van der Waals surface area contributed by atoms with Gasteiger partial charge in [-0.05, 0) is 36.2 Å². The van der Waals surface area contributed by atoms with Gasteiger partial charge in [0.15, 0.2) is 0 Å². The number of rotatable bonds is 7. The standard InChI is InChI=1S/C21H22N2O5S/c1-23(2)19-7-3-6-17-16(19)5-4-8-20(17)29(27,28)22-18(21(25)26)13-14-9-11-15(24)12-10-14/h3-12,18,22,24H,13H2,1-2H3,(H,25,26)/t18-/m1/s1/i9+2,10+2,11+2,12+2,13+2,14+2,15+2,18+2,21+2. The molecule has 7 nitrogen and oxygen atoms in total. The Morgan fingerprint density at radius 1 is 1.10 bits per heavy atom. The Bertz CT molecular complexity index is 1140.